The Balaban J connectivity index is 1.88. The molecule has 176 valence electrons. The van der Waals surface area contributed by atoms with Gasteiger partial charge >= 0.3 is 0 Å². The highest BCUT2D eigenvalue weighted by Gasteiger charge is 2.46. The summed E-state index contributed by atoms with van der Waals surface area (Å²) in [6.45, 7) is -0.745. The Morgan fingerprint density at radius 1 is 0.788 bits per heavy atom. The molecule has 0 radical (unpaired) electrons. The summed E-state index contributed by atoms with van der Waals surface area (Å²) in [6.07, 6.45) is -8.25. The fourth-order valence-electron chi connectivity index (χ4n) is 3.82. The lowest BCUT2D eigenvalue weighted by Gasteiger charge is -2.40. The lowest BCUT2D eigenvalue weighted by Crippen LogP contribution is -2.55. The Hall–Kier alpha value is -3.55. The summed E-state index contributed by atoms with van der Waals surface area (Å²) < 4.78 is 10.9. The molecule has 3 aromatic rings. The highest BCUT2D eigenvalue weighted by molar-refractivity contribution is 5.88. The van der Waals surface area contributed by atoms with Crippen LogP contribution in [0.15, 0.2) is 33.5 Å². The highest BCUT2D eigenvalue weighted by atomic mass is 16.5. The fourth-order valence-corrected chi connectivity index (χ4v) is 3.82. The quantitative estimate of drug-likeness (QED) is 0.177. The van der Waals surface area contributed by atoms with Crippen LogP contribution in [0.3, 0.4) is 0 Å². The fraction of sp³-hybridized carbons (Fsp3) is 0.286. The van der Waals surface area contributed by atoms with E-state index >= 15 is 0 Å². The number of phenols is 5. The van der Waals surface area contributed by atoms with E-state index in [1.807, 2.05) is 0 Å². The summed E-state index contributed by atoms with van der Waals surface area (Å²) in [5.74, 6) is -3.55. The second-order valence-electron chi connectivity index (χ2n) is 7.61. The third-order valence-corrected chi connectivity index (χ3v) is 5.55. The van der Waals surface area contributed by atoms with Crippen molar-refractivity contribution >= 4 is 11.0 Å². The molecule has 5 atom stereocenters. The number of aliphatic hydroxyl groups excluding tert-OH is 4. The first-order valence-corrected chi connectivity index (χ1v) is 9.63. The standard InChI is InChI=1S/C21H20O12/c22-5-14-17(28)19(30)20(31)21(33-14)16-11(27)4-13-15(18(16)29)10(26)3-12(32-13)6-1-8(24)9(25)2-7(6)23/h1-4,14,17,19-25,27-31H,5H2/t14-,17-,19+,20-,21?/m1/s1. The Kier molecular flexibility index (Phi) is 5.56. The zero-order valence-corrected chi connectivity index (χ0v) is 16.7. The van der Waals surface area contributed by atoms with Crippen molar-refractivity contribution < 1.29 is 55.1 Å². The average Bonchev–Trinajstić information content (AvgIpc) is 2.75. The van der Waals surface area contributed by atoms with Crippen LogP contribution in [0.1, 0.15) is 11.7 Å². The number of rotatable bonds is 3. The van der Waals surface area contributed by atoms with Crippen molar-refractivity contribution in [2.75, 3.05) is 6.61 Å². The SMILES string of the molecule is O=c1cc(-c2cc(O)c(O)cc2O)oc2cc(O)c(C3O[C@H](CO)[C@@H](O)[C@H](O)[C@H]3O)c(O)c12. The molecule has 0 saturated carbocycles. The first-order valence-electron chi connectivity index (χ1n) is 9.63. The lowest BCUT2D eigenvalue weighted by molar-refractivity contribution is -0.232. The van der Waals surface area contributed by atoms with E-state index in [4.69, 9.17) is 9.15 Å². The Morgan fingerprint density at radius 2 is 1.45 bits per heavy atom. The Labute approximate surface area is 184 Å². The molecule has 0 bridgehead atoms. The summed E-state index contributed by atoms with van der Waals surface area (Å²) in [5, 5.41) is 89.7. The van der Waals surface area contributed by atoms with E-state index in [2.05, 4.69) is 0 Å². The van der Waals surface area contributed by atoms with Crippen LogP contribution < -0.4 is 5.43 Å². The van der Waals surface area contributed by atoms with Crippen molar-refractivity contribution in [2.45, 2.75) is 30.5 Å². The molecule has 4 rings (SSSR count). The van der Waals surface area contributed by atoms with Gasteiger partial charge < -0.3 is 55.1 Å². The van der Waals surface area contributed by atoms with E-state index in [0.717, 1.165) is 24.3 Å². The Bertz CT molecular complexity index is 1280. The summed E-state index contributed by atoms with van der Waals surface area (Å²) in [5.41, 5.74) is -1.83. The van der Waals surface area contributed by atoms with Crippen molar-refractivity contribution in [1.29, 1.82) is 0 Å². The molecule has 0 spiro atoms. The first-order chi connectivity index (χ1) is 15.5. The number of aliphatic hydroxyl groups is 4. The van der Waals surface area contributed by atoms with Gasteiger partial charge in [0.1, 0.15) is 64.5 Å². The molecule has 1 saturated heterocycles. The predicted octanol–water partition coefficient (Wildman–Crippen LogP) is -0.497. The van der Waals surface area contributed by atoms with Gasteiger partial charge in [-0.05, 0) is 6.07 Å². The number of hydrogen-bond donors (Lipinski definition) is 9. The maximum atomic E-state index is 12.8. The molecular weight excluding hydrogens is 444 g/mol. The maximum absolute atomic E-state index is 12.8. The van der Waals surface area contributed by atoms with Crippen LogP contribution in [0, 0.1) is 0 Å². The van der Waals surface area contributed by atoms with E-state index in [1.54, 1.807) is 0 Å². The van der Waals surface area contributed by atoms with E-state index in [1.165, 1.54) is 0 Å². The van der Waals surface area contributed by atoms with Gasteiger partial charge in [0.25, 0.3) is 0 Å². The molecule has 1 aromatic heterocycles. The van der Waals surface area contributed by atoms with Gasteiger partial charge in [0, 0.05) is 18.2 Å². The van der Waals surface area contributed by atoms with E-state index < -0.39 is 82.3 Å². The third-order valence-electron chi connectivity index (χ3n) is 5.55. The van der Waals surface area contributed by atoms with Gasteiger partial charge in [-0.1, -0.05) is 0 Å². The number of hydrogen-bond acceptors (Lipinski definition) is 12. The zero-order chi connectivity index (χ0) is 24.2. The van der Waals surface area contributed by atoms with E-state index in [-0.39, 0.29) is 16.9 Å². The Morgan fingerprint density at radius 3 is 2.12 bits per heavy atom. The first kappa shape index (κ1) is 22.6. The lowest BCUT2D eigenvalue weighted by atomic mass is 9.89. The number of aromatic hydroxyl groups is 5. The molecule has 1 aliphatic rings. The summed E-state index contributed by atoms with van der Waals surface area (Å²) in [4.78, 5) is 12.8. The van der Waals surface area contributed by atoms with Crippen LogP contribution in [-0.2, 0) is 4.74 Å². The minimum atomic E-state index is -1.83. The van der Waals surface area contributed by atoms with Crippen molar-refractivity contribution in [2.24, 2.45) is 0 Å². The smallest absolute Gasteiger partial charge is 0.197 e. The third kappa shape index (κ3) is 3.59. The van der Waals surface area contributed by atoms with Crippen molar-refractivity contribution in [1.82, 2.24) is 0 Å². The molecule has 2 aromatic carbocycles. The van der Waals surface area contributed by atoms with Crippen LogP contribution in [0.25, 0.3) is 22.3 Å². The van der Waals surface area contributed by atoms with Crippen LogP contribution in [0.2, 0.25) is 0 Å². The zero-order valence-electron chi connectivity index (χ0n) is 16.7. The normalized spacial score (nSPS) is 25.4. The predicted molar refractivity (Wildman–Crippen MR) is 109 cm³/mol. The average molecular weight is 464 g/mol. The topological polar surface area (TPSA) is 222 Å². The van der Waals surface area contributed by atoms with Crippen LogP contribution in [0.5, 0.6) is 28.7 Å². The van der Waals surface area contributed by atoms with Crippen molar-refractivity contribution in [3.63, 3.8) is 0 Å². The van der Waals surface area contributed by atoms with Gasteiger partial charge in [0.15, 0.2) is 16.9 Å². The molecule has 2 heterocycles. The van der Waals surface area contributed by atoms with Crippen LogP contribution >= 0.6 is 0 Å². The monoisotopic (exact) mass is 464 g/mol. The number of phenolic OH excluding ortho intramolecular Hbond substituents is 5. The minimum Gasteiger partial charge on any atom is -0.507 e. The van der Waals surface area contributed by atoms with Gasteiger partial charge in [-0.2, -0.15) is 0 Å². The highest BCUT2D eigenvalue weighted by Crippen LogP contribution is 2.45. The molecular formula is C21H20O12. The maximum Gasteiger partial charge on any atom is 0.197 e. The van der Waals surface area contributed by atoms with Crippen LogP contribution in [-0.4, -0.2) is 77.0 Å². The van der Waals surface area contributed by atoms with Crippen molar-refractivity contribution in [3.8, 4) is 40.1 Å². The van der Waals surface area contributed by atoms with Gasteiger partial charge in [-0.15, -0.1) is 0 Å². The molecule has 33 heavy (non-hydrogen) atoms. The summed E-state index contributed by atoms with van der Waals surface area (Å²) in [7, 11) is 0. The second-order valence-corrected chi connectivity index (χ2v) is 7.61. The molecule has 12 nitrogen and oxygen atoms in total. The minimum absolute atomic E-state index is 0.165. The number of ether oxygens (including phenoxy) is 1. The summed E-state index contributed by atoms with van der Waals surface area (Å²) >= 11 is 0. The van der Waals surface area contributed by atoms with Gasteiger partial charge in [0.05, 0.1) is 17.7 Å². The second kappa shape index (κ2) is 8.10. The number of benzene rings is 2. The molecule has 1 unspecified atom stereocenters. The molecule has 9 N–H and O–H groups in total. The van der Waals surface area contributed by atoms with Crippen LogP contribution in [0.4, 0.5) is 0 Å². The summed E-state index contributed by atoms with van der Waals surface area (Å²) in [6, 6.07) is 3.57. The van der Waals surface area contributed by atoms with E-state index in [0.29, 0.717) is 0 Å². The van der Waals surface area contributed by atoms with Gasteiger partial charge in [-0.3, -0.25) is 4.79 Å². The molecule has 1 aliphatic heterocycles. The van der Waals surface area contributed by atoms with Gasteiger partial charge in [-0.25, -0.2) is 0 Å². The largest absolute Gasteiger partial charge is 0.507 e. The molecule has 1 fully saturated rings. The molecule has 0 amide bonds. The molecule has 0 aliphatic carbocycles. The number of fused-ring (bicyclic) bond motifs is 1. The van der Waals surface area contributed by atoms with E-state index in [9.17, 15) is 50.8 Å². The molecule has 12 heteroatoms. The van der Waals surface area contributed by atoms with Gasteiger partial charge in [0.2, 0.25) is 0 Å². The van der Waals surface area contributed by atoms with Crippen molar-refractivity contribution in [3.05, 3.63) is 40.1 Å².